The third-order valence-corrected chi connectivity index (χ3v) is 5.14. The van der Waals surface area contributed by atoms with E-state index in [0.29, 0.717) is 6.07 Å². The summed E-state index contributed by atoms with van der Waals surface area (Å²) in [5, 5.41) is 0. The molecule has 1 aromatic rings. The van der Waals surface area contributed by atoms with Crippen molar-refractivity contribution >= 4 is 21.7 Å². The summed E-state index contributed by atoms with van der Waals surface area (Å²) in [6.07, 6.45) is -4.89. The van der Waals surface area contributed by atoms with E-state index in [0.717, 1.165) is 17.5 Å². The number of carbonyl (C=O) groups is 1. The van der Waals surface area contributed by atoms with Gasteiger partial charge in [0.15, 0.2) is 0 Å². The van der Waals surface area contributed by atoms with E-state index in [9.17, 15) is 26.4 Å². The van der Waals surface area contributed by atoms with Crippen LogP contribution in [0.15, 0.2) is 17.0 Å². The van der Waals surface area contributed by atoms with Gasteiger partial charge in [-0.25, -0.2) is 13.2 Å². The molecular weight excluding hydrogens is 325 g/mol. The van der Waals surface area contributed by atoms with E-state index >= 15 is 0 Å². The molecule has 0 atom stereocenters. The van der Waals surface area contributed by atoms with Crippen molar-refractivity contribution in [2.75, 3.05) is 32.8 Å². The third-order valence-electron chi connectivity index (χ3n) is 3.32. The van der Waals surface area contributed by atoms with Gasteiger partial charge in [0.2, 0.25) is 10.0 Å². The van der Waals surface area contributed by atoms with E-state index in [-0.39, 0.29) is 12.4 Å². The van der Waals surface area contributed by atoms with E-state index in [1.807, 2.05) is 0 Å². The molecule has 0 spiro atoms. The Hall–Kier alpha value is -1.81. The van der Waals surface area contributed by atoms with E-state index in [4.69, 9.17) is 0 Å². The quantitative estimate of drug-likeness (QED) is 0.727. The van der Waals surface area contributed by atoms with Crippen LogP contribution in [-0.2, 0) is 20.9 Å². The van der Waals surface area contributed by atoms with Crippen molar-refractivity contribution in [3.63, 3.8) is 0 Å². The summed E-state index contributed by atoms with van der Waals surface area (Å²) in [6, 6.07) is 1.37. The van der Waals surface area contributed by atoms with Gasteiger partial charge in [-0.05, 0) is 12.1 Å². The number of fused-ring (bicyclic) bond motifs is 1. The van der Waals surface area contributed by atoms with Gasteiger partial charge >= 0.3 is 12.1 Å². The normalized spacial score (nSPS) is 18.0. The number of ether oxygens (including phenoxy) is 1. The predicted molar refractivity (Wildman–Crippen MR) is 71.0 cm³/mol. The van der Waals surface area contributed by atoms with E-state index in [2.05, 4.69) is 4.74 Å². The fourth-order valence-corrected chi connectivity index (χ4v) is 3.61. The number of methoxy groups -OCH3 is 1. The van der Waals surface area contributed by atoms with Gasteiger partial charge in [0.1, 0.15) is 4.90 Å². The second-order valence-corrected chi connectivity index (χ2v) is 6.81. The first kappa shape index (κ1) is 16.6. The van der Waals surface area contributed by atoms with Gasteiger partial charge in [-0.15, -0.1) is 0 Å². The van der Waals surface area contributed by atoms with Crippen molar-refractivity contribution in [3.05, 3.63) is 23.3 Å². The second-order valence-electron chi connectivity index (χ2n) is 4.80. The molecule has 0 amide bonds. The molecule has 1 aromatic carbocycles. The Bertz CT molecular complexity index is 731. The van der Waals surface area contributed by atoms with Crippen LogP contribution in [0.1, 0.15) is 15.9 Å². The predicted octanol–water partition coefficient (Wildman–Crippen LogP) is 1.52. The van der Waals surface area contributed by atoms with E-state index < -0.39 is 38.2 Å². The molecule has 10 heteroatoms. The number of carbonyl (C=O) groups excluding carboxylic acids is 1. The smallest absolute Gasteiger partial charge is 0.417 e. The summed E-state index contributed by atoms with van der Waals surface area (Å²) in [4.78, 5) is 12.5. The van der Waals surface area contributed by atoms with Crippen LogP contribution in [0, 0.1) is 0 Å². The molecule has 0 saturated heterocycles. The maximum absolute atomic E-state index is 13.1. The molecule has 0 saturated carbocycles. The SMILES string of the molecule is COC(=O)c1cc2c(cc1C(F)(F)F)S(=O)(=O)N(C)CN2C. The van der Waals surface area contributed by atoms with Crippen LogP contribution < -0.4 is 4.90 Å². The summed E-state index contributed by atoms with van der Waals surface area (Å²) >= 11 is 0. The van der Waals surface area contributed by atoms with Crippen molar-refractivity contribution in [1.29, 1.82) is 0 Å². The minimum absolute atomic E-state index is 0.0199. The Labute approximate surface area is 125 Å². The monoisotopic (exact) mass is 338 g/mol. The molecular formula is C12H13F3N2O4S. The maximum atomic E-state index is 13.1. The Morgan fingerprint density at radius 3 is 2.36 bits per heavy atom. The largest absolute Gasteiger partial charge is 0.465 e. The van der Waals surface area contributed by atoms with Crippen molar-refractivity contribution in [2.45, 2.75) is 11.1 Å². The van der Waals surface area contributed by atoms with Crippen LogP contribution in [0.3, 0.4) is 0 Å². The van der Waals surface area contributed by atoms with E-state index in [1.165, 1.54) is 19.0 Å². The fourth-order valence-electron chi connectivity index (χ4n) is 2.21. The standard InChI is InChI=1S/C12H13F3N2O4S/c1-16-6-17(2)22(19,20)10-5-8(12(13,14)15)7(4-9(10)16)11(18)21-3/h4-5H,6H2,1-3H3. The Morgan fingerprint density at radius 2 is 1.86 bits per heavy atom. The van der Waals surface area contributed by atoms with Gasteiger partial charge in [0, 0.05) is 14.1 Å². The molecule has 0 aromatic heterocycles. The number of sulfonamides is 1. The van der Waals surface area contributed by atoms with E-state index in [1.54, 1.807) is 0 Å². The number of nitrogens with zero attached hydrogens (tertiary/aromatic N) is 2. The summed E-state index contributed by atoms with van der Waals surface area (Å²) in [5.41, 5.74) is -2.04. The second kappa shape index (κ2) is 5.13. The first-order chi connectivity index (χ1) is 10.00. The van der Waals surface area contributed by atoms with Gasteiger partial charge in [-0.3, -0.25) is 0 Å². The maximum Gasteiger partial charge on any atom is 0.417 e. The molecule has 1 aliphatic heterocycles. The van der Waals surface area contributed by atoms with Crippen molar-refractivity contribution in [2.24, 2.45) is 0 Å². The highest BCUT2D eigenvalue weighted by atomic mass is 32.2. The van der Waals surface area contributed by atoms with Gasteiger partial charge < -0.3 is 9.64 Å². The highest BCUT2D eigenvalue weighted by Gasteiger charge is 2.41. The average Bonchev–Trinajstić information content (AvgIpc) is 2.42. The Morgan fingerprint density at radius 1 is 1.27 bits per heavy atom. The van der Waals surface area contributed by atoms with Crippen LogP contribution in [0.2, 0.25) is 0 Å². The molecule has 0 unspecified atom stereocenters. The molecule has 2 rings (SSSR count). The minimum Gasteiger partial charge on any atom is -0.465 e. The molecule has 122 valence electrons. The number of anilines is 1. The Kier molecular flexibility index (Phi) is 3.86. The molecule has 0 fully saturated rings. The summed E-state index contributed by atoms with van der Waals surface area (Å²) in [5.74, 6) is -1.18. The van der Waals surface area contributed by atoms with Gasteiger partial charge in [0.25, 0.3) is 0 Å². The van der Waals surface area contributed by atoms with Gasteiger partial charge in [0.05, 0.1) is 30.6 Å². The van der Waals surface area contributed by atoms with Crippen molar-refractivity contribution in [1.82, 2.24) is 4.31 Å². The highest BCUT2D eigenvalue weighted by molar-refractivity contribution is 7.89. The number of esters is 1. The molecule has 0 radical (unpaired) electrons. The number of rotatable bonds is 1. The molecule has 0 aliphatic carbocycles. The lowest BCUT2D eigenvalue weighted by Gasteiger charge is -2.34. The van der Waals surface area contributed by atoms with Crippen LogP contribution >= 0.6 is 0 Å². The number of halogens is 3. The van der Waals surface area contributed by atoms with Crippen LogP contribution in [0.5, 0.6) is 0 Å². The summed E-state index contributed by atoms with van der Waals surface area (Å²) < 4.78 is 69.1. The molecule has 1 heterocycles. The van der Waals surface area contributed by atoms with Crippen LogP contribution in [-0.4, -0.2) is 46.6 Å². The lowest BCUT2D eigenvalue weighted by Crippen LogP contribution is -2.42. The number of alkyl halides is 3. The zero-order valence-corrected chi connectivity index (χ0v) is 12.7. The first-order valence-corrected chi connectivity index (χ1v) is 7.45. The minimum atomic E-state index is -4.89. The zero-order chi connectivity index (χ0) is 16.9. The fraction of sp³-hybridized carbons (Fsp3) is 0.417. The van der Waals surface area contributed by atoms with Gasteiger partial charge in [-0.1, -0.05) is 0 Å². The first-order valence-electron chi connectivity index (χ1n) is 6.01. The molecule has 0 bridgehead atoms. The lowest BCUT2D eigenvalue weighted by atomic mass is 10.1. The molecule has 6 nitrogen and oxygen atoms in total. The molecule has 22 heavy (non-hydrogen) atoms. The molecule has 1 aliphatic rings. The zero-order valence-electron chi connectivity index (χ0n) is 11.9. The Balaban J connectivity index is 2.83. The lowest BCUT2D eigenvalue weighted by molar-refractivity contribution is -0.138. The molecule has 0 N–H and O–H groups in total. The summed E-state index contributed by atoms with van der Waals surface area (Å²) in [6.45, 7) is -0.0404. The topological polar surface area (TPSA) is 66.9 Å². The average molecular weight is 338 g/mol. The van der Waals surface area contributed by atoms with Crippen molar-refractivity contribution < 1.29 is 31.1 Å². The number of hydrogen-bond acceptors (Lipinski definition) is 5. The van der Waals surface area contributed by atoms with Crippen LogP contribution in [0.25, 0.3) is 0 Å². The van der Waals surface area contributed by atoms with Crippen molar-refractivity contribution in [3.8, 4) is 0 Å². The highest BCUT2D eigenvalue weighted by Crippen LogP contribution is 2.40. The van der Waals surface area contributed by atoms with Gasteiger partial charge in [-0.2, -0.15) is 17.5 Å². The summed E-state index contributed by atoms with van der Waals surface area (Å²) in [7, 11) is -0.319. The number of benzene rings is 1. The number of hydrogen-bond donors (Lipinski definition) is 0. The van der Waals surface area contributed by atoms with Crippen LogP contribution in [0.4, 0.5) is 18.9 Å². The third kappa shape index (κ3) is 2.52.